The number of carbonyl (C=O) groups is 1. The quantitative estimate of drug-likeness (QED) is 0.674. The molecular weight excluding hydrogens is 330 g/mol. The molecule has 0 atom stereocenters. The van der Waals surface area contributed by atoms with Crippen molar-refractivity contribution in [2.24, 2.45) is 0 Å². The Kier molecular flexibility index (Phi) is 4.18. The number of hydrogen-bond donors (Lipinski definition) is 3. The summed E-state index contributed by atoms with van der Waals surface area (Å²) in [4.78, 5) is 11.0. The van der Waals surface area contributed by atoms with Crippen molar-refractivity contribution in [2.75, 3.05) is 6.54 Å². The van der Waals surface area contributed by atoms with Gasteiger partial charge in [0, 0.05) is 36.3 Å². The lowest BCUT2D eigenvalue weighted by atomic mass is 10.0. The summed E-state index contributed by atoms with van der Waals surface area (Å²) in [5.74, 6) is -0.688. The van der Waals surface area contributed by atoms with Gasteiger partial charge in [0.05, 0.1) is 17.8 Å². The average Bonchev–Trinajstić information content (AvgIpc) is 3.02. The van der Waals surface area contributed by atoms with Crippen molar-refractivity contribution < 1.29 is 15.0 Å². The van der Waals surface area contributed by atoms with Crippen molar-refractivity contribution in [2.45, 2.75) is 19.5 Å². The van der Waals surface area contributed by atoms with E-state index in [9.17, 15) is 9.90 Å². The van der Waals surface area contributed by atoms with Crippen LogP contribution in [0.25, 0.3) is 11.3 Å². The van der Waals surface area contributed by atoms with Gasteiger partial charge in [0.2, 0.25) is 0 Å². The van der Waals surface area contributed by atoms with Gasteiger partial charge in [-0.05, 0) is 42.0 Å². The van der Waals surface area contributed by atoms with Crippen molar-refractivity contribution in [3.63, 3.8) is 0 Å². The zero-order valence-corrected chi connectivity index (χ0v) is 14.1. The zero-order chi connectivity index (χ0) is 18.1. The Hall–Kier alpha value is -3.12. The highest BCUT2D eigenvalue weighted by Gasteiger charge is 2.21. The van der Waals surface area contributed by atoms with Crippen molar-refractivity contribution in [1.82, 2.24) is 15.1 Å². The molecule has 0 aliphatic carbocycles. The third-order valence-electron chi connectivity index (χ3n) is 4.68. The molecule has 0 bridgehead atoms. The molecule has 26 heavy (non-hydrogen) atoms. The maximum atomic E-state index is 11.0. The minimum absolute atomic E-state index is 0.235. The van der Waals surface area contributed by atoms with Gasteiger partial charge in [-0.1, -0.05) is 12.1 Å². The topological polar surface area (TPSA) is 87.4 Å². The third-order valence-corrected chi connectivity index (χ3v) is 4.68. The van der Waals surface area contributed by atoms with E-state index in [4.69, 9.17) is 10.2 Å². The second kappa shape index (κ2) is 6.65. The maximum Gasteiger partial charge on any atom is 0.335 e. The van der Waals surface area contributed by atoms with Gasteiger partial charge in [0.15, 0.2) is 0 Å². The van der Waals surface area contributed by atoms with E-state index in [-0.39, 0.29) is 11.3 Å². The fourth-order valence-electron chi connectivity index (χ4n) is 3.33. The minimum Gasteiger partial charge on any atom is -0.508 e. The number of fused-ring (bicyclic) bond motifs is 1. The normalized spacial score (nSPS) is 13.4. The van der Waals surface area contributed by atoms with Crippen LogP contribution in [0.15, 0.2) is 48.5 Å². The summed E-state index contributed by atoms with van der Waals surface area (Å²) < 4.78 is 2.01. The van der Waals surface area contributed by atoms with Crippen molar-refractivity contribution in [1.29, 1.82) is 0 Å². The fraction of sp³-hybridized carbons (Fsp3) is 0.200. The number of rotatable bonds is 4. The maximum absolute atomic E-state index is 11.0. The van der Waals surface area contributed by atoms with Gasteiger partial charge in [0.1, 0.15) is 5.75 Å². The summed E-state index contributed by atoms with van der Waals surface area (Å²) in [7, 11) is 0. The number of nitrogens with one attached hydrogen (secondary N) is 1. The van der Waals surface area contributed by atoms with Crippen LogP contribution in [0.4, 0.5) is 0 Å². The monoisotopic (exact) mass is 349 g/mol. The van der Waals surface area contributed by atoms with Crippen LogP contribution in [0.3, 0.4) is 0 Å². The molecule has 0 spiro atoms. The highest BCUT2D eigenvalue weighted by molar-refractivity contribution is 5.87. The van der Waals surface area contributed by atoms with Gasteiger partial charge < -0.3 is 15.5 Å². The van der Waals surface area contributed by atoms with E-state index < -0.39 is 5.97 Å². The Morgan fingerprint density at radius 3 is 2.54 bits per heavy atom. The molecule has 2 aromatic carbocycles. The number of hydrogen-bond acceptors (Lipinski definition) is 4. The Bertz CT molecular complexity index is 944. The predicted molar refractivity (Wildman–Crippen MR) is 97.2 cm³/mol. The number of phenols is 1. The molecule has 6 nitrogen and oxygen atoms in total. The van der Waals surface area contributed by atoms with Crippen molar-refractivity contribution in [3.05, 3.63) is 70.9 Å². The lowest BCUT2D eigenvalue weighted by Crippen LogP contribution is -2.25. The second-order valence-corrected chi connectivity index (χ2v) is 6.41. The predicted octanol–water partition coefficient (Wildman–Crippen LogP) is 2.65. The van der Waals surface area contributed by atoms with Crippen molar-refractivity contribution >= 4 is 5.97 Å². The minimum atomic E-state index is -0.922. The van der Waals surface area contributed by atoms with E-state index in [1.807, 2.05) is 28.9 Å². The molecule has 132 valence electrons. The Labute approximate surface area is 150 Å². The first-order valence-corrected chi connectivity index (χ1v) is 8.53. The van der Waals surface area contributed by atoms with E-state index in [0.29, 0.717) is 6.54 Å². The average molecular weight is 349 g/mol. The third kappa shape index (κ3) is 3.07. The molecule has 0 saturated heterocycles. The number of carboxylic acid groups (broad SMARTS) is 1. The molecule has 0 radical (unpaired) electrons. The SMILES string of the molecule is O=C(O)c1ccc(Cn2nc(-c3ccc(O)cc3)c3c2CCNC3)cc1. The van der Waals surface area contributed by atoms with Gasteiger partial charge in [-0.15, -0.1) is 0 Å². The smallest absolute Gasteiger partial charge is 0.335 e. The van der Waals surface area contributed by atoms with Crippen LogP contribution in [0.1, 0.15) is 27.2 Å². The molecule has 1 aromatic heterocycles. The molecule has 0 fully saturated rings. The summed E-state index contributed by atoms with van der Waals surface area (Å²) in [6.45, 7) is 2.27. The van der Waals surface area contributed by atoms with Crippen molar-refractivity contribution in [3.8, 4) is 17.0 Å². The molecular formula is C20H19N3O3. The standard InChI is InChI=1S/C20H19N3O3/c24-16-7-5-14(6-8-16)19-17-11-21-10-9-18(17)23(22-19)12-13-1-3-15(4-2-13)20(25)26/h1-8,21,24H,9-12H2,(H,25,26). The summed E-state index contributed by atoms with van der Waals surface area (Å²) in [6, 6.07) is 14.0. The number of nitrogens with zero attached hydrogens (tertiary/aromatic N) is 2. The summed E-state index contributed by atoms with van der Waals surface area (Å²) in [5.41, 5.74) is 5.58. The lowest BCUT2D eigenvalue weighted by Gasteiger charge is -2.16. The van der Waals surface area contributed by atoms with Gasteiger partial charge in [-0.3, -0.25) is 4.68 Å². The van der Waals surface area contributed by atoms with Gasteiger partial charge >= 0.3 is 5.97 Å². The van der Waals surface area contributed by atoms with Crippen LogP contribution < -0.4 is 5.32 Å². The lowest BCUT2D eigenvalue weighted by molar-refractivity contribution is 0.0697. The molecule has 4 rings (SSSR count). The molecule has 2 heterocycles. The Balaban J connectivity index is 1.70. The van der Waals surface area contributed by atoms with Crippen LogP contribution in [-0.4, -0.2) is 32.5 Å². The van der Waals surface area contributed by atoms with E-state index in [2.05, 4.69) is 5.32 Å². The number of phenolic OH excluding ortho intramolecular Hbond substituents is 1. The largest absolute Gasteiger partial charge is 0.508 e. The molecule has 6 heteroatoms. The van der Waals surface area contributed by atoms with E-state index in [1.54, 1.807) is 24.3 Å². The summed E-state index contributed by atoms with van der Waals surface area (Å²) in [5, 5.41) is 26.8. The number of carboxylic acids is 1. The molecule has 0 unspecified atom stereocenters. The fourth-order valence-corrected chi connectivity index (χ4v) is 3.33. The van der Waals surface area contributed by atoms with Crippen LogP contribution in [-0.2, 0) is 19.5 Å². The number of aromatic nitrogens is 2. The van der Waals surface area contributed by atoms with Gasteiger partial charge in [-0.25, -0.2) is 4.79 Å². The van der Waals surface area contributed by atoms with Crippen LogP contribution in [0.5, 0.6) is 5.75 Å². The van der Waals surface area contributed by atoms with Gasteiger partial charge in [-0.2, -0.15) is 5.10 Å². The molecule has 1 aliphatic heterocycles. The van der Waals surface area contributed by atoms with Gasteiger partial charge in [0.25, 0.3) is 0 Å². The molecule has 3 N–H and O–H groups in total. The molecule has 0 saturated carbocycles. The van der Waals surface area contributed by atoms with E-state index in [0.717, 1.165) is 36.3 Å². The van der Waals surface area contributed by atoms with E-state index in [1.165, 1.54) is 11.3 Å². The van der Waals surface area contributed by atoms with E-state index >= 15 is 0 Å². The van der Waals surface area contributed by atoms with Crippen LogP contribution in [0.2, 0.25) is 0 Å². The first-order valence-electron chi connectivity index (χ1n) is 8.53. The zero-order valence-electron chi connectivity index (χ0n) is 14.1. The molecule has 0 amide bonds. The van der Waals surface area contributed by atoms with Crippen LogP contribution in [0, 0.1) is 0 Å². The number of aromatic carboxylic acids is 1. The molecule has 3 aromatic rings. The first-order chi connectivity index (χ1) is 12.6. The first kappa shape index (κ1) is 16.4. The number of aromatic hydroxyl groups is 1. The highest BCUT2D eigenvalue weighted by atomic mass is 16.4. The summed E-state index contributed by atoms with van der Waals surface area (Å²) in [6.07, 6.45) is 0.896. The molecule has 1 aliphatic rings. The Morgan fingerprint density at radius 2 is 1.85 bits per heavy atom. The summed E-state index contributed by atoms with van der Waals surface area (Å²) >= 11 is 0. The second-order valence-electron chi connectivity index (χ2n) is 6.41. The number of benzene rings is 2. The van der Waals surface area contributed by atoms with Crippen LogP contribution >= 0.6 is 0 Å². The highest BCUT2D eigenvalue weighted by Crippen LogP contribution is 2.29. The Morgan fingerprint density at radius 1 is 1.12 bits per heavy atom.